The van der Waals surface area contributed by atoms with E-state index in [0.717, 1.165) is 51.4 Å². The third-order valence-electron chi connectivity index (χ3n) is 2.92. The molecule has 18 heavy (non-hydrogen) atoms. The number of aliphatic hydroxyl groups is 2. The minimum Gasteiger partial charge on any atom is -0.394 e. The SMILES string of the molecule is O=C1CCCCC1.O=C1CCCCC1.OCCO. The van der Waals surface area contributed by atoms with E-state index in [4.69, 9.17) is 10.2 Å². The molecule has 0 amide bonds. The zero-order chi connectivity index (χ0) is 13.6. The summed E-state index contributed by atoms with van der Waals surface area (Å²) in [7, 11) is 0. The van der Waals surface area contributed by atoms with Crippen LogP contribution in [-0.4, -0.2) is 35.0 Å². The number of aliphatic hydroxyl groups excluding tert-OH is 2. The highest BCUT2D eigenvalue weighted by Gasteiger charge is 2.06. The van der Waals surface area contributed by atoms with Crippen molar-refractivity contribution < 1.29 is 19.8 Å². The van der Waals surface area contributed by atoms with E-state index >= 15 is 0 Å². The first-order chi connectivity index (χ1) is 8.70. The van der Waals surface area contributed by atoms with Crippen molar-refractivity contribution in [1.82, 2.24) is 0 Å². The Balaban J connectivity index is 0.000000253. The molecule has 0 unspecified atom stereocenters. The van der Waals surface area contributed by atoms with Gasteiger partial charge in [0.15, 0.2) is 0 Å². The predicted octanol–water partition coefficient (Wildman–Crippen LogP) is 2.01. The van der Waals surface area contributed by atoms with E-state index in [1.807, 2.05) is 0 Å². The maximum absolute atomic E-state index is 10.5. The minimum atomic E-state index is -0.125. The summed E-state index contributed by atoms with van der Waals surface area (Å²) in [5.74, 6) is 0.928. The van der Waals surface area contributed by atoms with Crippen molar-refractivity contribution in [1.29, 1.82) is 0 Å². The van der Waals surface area contributed by atoms with Gasteiger partial charge in [-0.25, -0.2) is 0 Å². The second-order valence-electron chi connectivity index (χ2n) is 4.65. The molecular formula is C14H26O4. The maximum Gasteiger partial charge on any atom is 0.132 e. The summed E-state index contributed by atoms with van der Waals surface area (Å²) in [5, 5.41) is 15.2. The zero-order valence-electron chi connectivity index (χ0n) is 11.2. The van der Waals surface area contributed by atoms with Crippen LogP contribution >= 0.6 is 0 Å². The molecule has 2 saturated carbocycles. The van der Waals surface area contributed by atoms with Gasteiger partial charge in [0.25, 0.3) is 0 Å². The summed E-state index contributed by atoms with van der Waals surface area (Å²) >= 11 is 0. The Kier molecular flexibility index (Phi) is 12.2. The number of ketones is 2. The van der Waals surface area contributed by atoms with Crippen molar-refractivity contribution in [3.05, 3.63) is 0 Å². The van der Waals surface area contributed by atoms with Crippen molar-refractivity contribution >= 4 is 11.6 Å². The highest BCUT2D eigenvalue weighted by Crippen LogP contribution is 2.12. The van der Waals surface area contributed by atoms with Crippen LogP contribution in [0.5, 0.6) is 0 Å². The molecule has 0 aromatic rings. The first-order valence-electron chi connectivity index (χ1n) is 6.95. The summed E-state index contributed by atoms with van der Waals surface area (Å²) in [6, 6.07) is 0. The number of carbonyl (C=O) groups excluding carboxylic acids is 2. The Labute approximate surface area is 109 Å². The second-order valence-corrected chi connectivity index (χ2v) is 4.65. The lowest BCUT2D eigenvalue weighted by Crippen LogP contribution is -2.02. The van der Waals surface area contributed by atoms with Crippen LogP contribution < -0.4 is 0 Å². The van der Waals surface area contributed by atoms with Crippen LogP contribution in [0.1, 0.15) is 64.2 Å². The smallest absolute Gasteiger partial charge is 0.132 e. The van der Waals surface area contributed by atoms with Crippen LogP contribution in [0.3, 0.4) is 0 Å². The normalized spacial score (nSPS) is 19.2. The zero-order valence-corrected chi connectivity index (χ0v) is 11.2. The maximum atomic E-state index is 10.5. The fourth-order valence-corrected chi connectivity index (χ4v) is 1.89. The highest BCUT2D eigenvalue weighted by atomic mass is 16.3. The lowest BCUT2D eigenvalue weighted by Gasteiger charge is -2.05. The van der Waals surface area contributed by atoms with Gasteiger partial charge in [-0.15, -0.1) is 0 Å². The Morgan fingerprint density at radius 3 is 1.00 bits per heavy atom. The van der Waals surface area contributed by atoms with Gasteiger partial charge >= 0.3 is 0 Å². The van der Waals surface area contributed by atoms with E-state index < -0.39 is 0 Å². The van der Waals surface area contributed by atoms with Crippen LogP contribution in [0.4, 0.5) is 0 Å². The van der Waals surface area contributed by atoms with Crippen LogP contribution in [0.2, 0.25) is 0 Å². The van der Waals surface area contributed by atoms with Gasteiger partial charge in [-0.3, -0.25) is 9.59 Å². The first kappa shape index (κ1) is 17.3. The number of Topliss-reactive ketones (excluding diaryl/α,β-unsaturated/α-hetero) is 2. The molecular weight excluding hydrogens is 232 g/mol. The second kappa shape index (κ2) is 12.7. The van der Waals surface area contributed by atoms with Crippen molar-refractivity contribution in [3.8, 4) is 0 Å². The van der Waals surface area contributed by atoms with Gasteiger partial charge in [-0.2, -0.15) is 0 Å². The van der Waals surface area contributed by atoms with Crippen LogP contribution in [0, 0.1) is 0 Å². The van der Waals surface area contributed by atoms with Crippen molar-refractivity contribution in [2.24, 2.45) is 0 Å². The lowest BCUT2D eigenvalue weighted by atomic mass is 10.00. The highest BCUT2D eigenvalue weighted by molar-refractivity contribution is 5.79. The summed E-state index contributed by atoms with van der Waals surface area (Å²) in [6.45, 7) is -0.250. The summed E-state index contributed by atoms with van der Waals surface area (Å²) in [6.07, 6.45) is 10.5. The van der Waals surface area contributed by atoms with Gasteiger partial charge in [0.2, 0.25) is 0 Å². The fraction of sp³-hybridized carbons (Fsp3) is 0.857. The Hall–Kier alpha value is -0.740. The van der Waals surface area contributed by atoms with Gasteiger partial charge in [0.05, 0.1) is 13.2 Å². The molecule has 0 atom stereocenters. The molecule has 2 rings (SSSR count). The third kappa shape index (κ3) is 11.7. The molecule has 0 radical (unpaired) electrons. The average molecular weight is 258 g/mol. The van der Waals surface area contributed by atoms with Gasteiger partial charge in [-0.1, -0.05) is 12.8 Å². The summed E-state index contributed by atoms with van der Waals surface area (Å²) in [4.78, 5) is 20.9. The average Bonchev–Trinajstić information content (AvgIpc) is 2.41. The topological polar surface area (TPSA) is 74.6 Å². The van der Waals surface area contributed by atoms with Crippen LogP contribution in [-0.2, 0) is 9.59 Å². The third-order valence-corrected chi connectivity index (χ3v) is 2.92. The molecule has 0 aromatic heterocycles. The van der Waals surface area contributed by atoms with E-state index in [1.54, 1.807) is 0 Å². The molecule has 2 N–H and O–H groups in total. The monoisotopic (exact) mass is 258 g/mol. The van der Waals surface area contributed by atoms with Crippen molar-refractivity contribution in [2.45, 2.75) is 64.2 Å². The Morgan fingerprint density at radius 1 is 0.611 bits per heavy atom. The van der Waals surface area contributed by atoms with Crippen LogP contribution in [0.25, 0.3) is 0 Å². The molecule has 4 heteroatoms. The minimum absolute atomic E-state index is 0.125. The molecule has 106 valence electrons. The van der Waals surface area contributed by atoms with E-state index in [9.17, 15) is 9.59 Å². The molecule has 0 aliphatic heterocycles. The summed E-state index contributed by atoms with van der Waals surface area (Å²) < 4.78 is 0. The fourth-order valence-electron chi connectivity index (χ4n) is 1.89. The van der Waals surface area contributed by atoms with E-state index in [1.165, 1.54) is 12.8 Å². The van der Waals surface area contributed by atoms with Gasteiger partial charge < -0.3 is 10.2 Å². The lowest BCUT2D eigenvalue weighted by molar-refractivity contribution is -0.121. The summed E-state index contributed by atoms with van der Waals surface area (Å²) in [5.41, 5.74) is 0. The van der Waals surface area contributed by atoms with Gasteiger partial charge in [0.1, 0.15) is 11.6 Å². The molecule has 2 aliphatic rings. The quantitative estimate of drug-likeness (QED) is 0.754. The molecule has 0 spiro atoms. The number of hydrogen-bond donors (Lipinski definition) is 2. The number of hydrogen-bond acceptors (Lipinski definition) is 4. The standard InChI is InChI=1S/2C6H10O.C2H6O2/c2*7-6-4-2-1-3-5-6;3-1-2-4/h2*1-5H2;3-4H,1-2H2. The molecule has 2 fully saturated rings. The molecule has 0 saturated heterocycles. The molecule has 4 nitrogen and oxygen atoms in total. The predicted molar refractivity (Wildman–Crippen MR) is 70.4 cm³/mol. The van der Waals surface area contributed by atoms with Crippen molar-refractivity contribution in [3.63, 3.8) is 0 Å². The van der Waals surface area contributed by atoms with Gasteiger partial charge in [-0.05, 0) is 25.7 Å². The number of rotatable bonds is 1. The van der Waals surface area contributed by atoms with E-state index in [-0.39, 0.29) is 13.2 Å². The Bertz CT molecular complexity index is 186. The van der Waals surface area contributed by atoms with E-state index in [2.05, 4.69) is 0 Å². The van der Waals surface area contributed by atoms with Crippen molar-refractivity contribution in [2.75, 3.05) is 13.2 Å². The van der Waals surface area contributed by atoms with Crippen LogP contribution in [0.15, 0.2) is 0 Å². The largest absolute Gasteiger partial charge is 0.394 e. The number of carbonyl (C=O) groups is 2. The van der Waals surface area contributed by atoms with E-state index in [0.29, 0.717) is 11.6 Å². The Morgan fingerprint density at radius 2 is 0.889 bits per heavy atom. The molecule has 0 aromatic carbocycles. The van der Waals surface area contributed by atoms with Gasteiger partial charge in [0, 0.05) is 25.7 Å². The molecule has 0 bridgehead atoms. The molecule has 0 heterocycles. The molecule has 2 aliphatic carbocycles. The first-order valence-corrected chi connectivity index (χ1v) is 6.95.